The maximum atomic E-state index is 12.9. The molecule has 1 atom stereocenters. The molecule has 0 spiro atoms. The van der Waals surface area contributed by atoms with Gasteiger partial charge in [0.2, 0.25) is 0 Å². The van der Waals surface area contributed by atoms with Crippen molar-refractivity contribution in [3.63, 3.8) is 0 Å². The predicted octanol–water partition coefficient (Wildman–Crippen LogP) is 20.0. The van der Waals surface area contributed by atoms with E-state index in [1.807, 2.05) is 0 Å². The van der Waals surface area contributed by atoms with Gasteiger partial charge in [0.25, 0.3) is 0 Å². The minimum absolute atomic E-state index is 0.103. The molecule has 0 aliphatic heterocycles. The molecule has 0 radical (unpaired) electrons. The van der Waals surface area contributed by atoms with Gasteiger partial charge < -0.3 is 14.2 Å². The number of ether oxygens (including phenoxy) is 3. The van der Waals surface area contributed by atoms with Crippen LogP contribution in [0.5, 0.6) is 0 Å². The van der Waals surface area contributed by atoms with Crippen molar-refractivity contribution < 1.29 is 28.6 Å². The summed E-state index contributed by atoms with van der Waals surface area (Å²) < 4.78 is 16.8. The fourth-order valence-corrected chi connectivity index (χ4v) is 7.81. The van der Waals surface area contributed by atoms with Crippen molar-refractivity contribution in [3.05, 3.63) is 122 Å². The SMILES string of the molecule is CC/C=C\C/C=C\C/C=C\C/C=C\C/C=C\CCCCCCCCCC(=O)OCC(COC(=O)CCCC/C=C\C/C=C\C/C=C\C/C=C\CC)OC(=O)CCCCCCC/C=C\CCCCCCCCC. The lowest BCUT2D eigenvalue weighted by Crippen LogP contribution is -2.30. The van der Waals surface area contributed by atoms with Crippen LogP contribution >= 0.6 is 0 Å². The van der Waals surface area contributed by atoms with Gasteiger partial charge in [0.15, 0.2) is 6.10 Å². The summed E-state index contributed by atoms with van der Waals surface area (Å²) in [6.07, 6.45) is 81.9. The number of unbranched alkanes of at least 4 members (excludes halogenated alkanes) is 21. The molecule has 408 valence electrons. The van der Waals surface area contributed by atoms with E-state index in [1.165, 1.54) is 83.5 Å². The zero-order valence-corrected chi connectivity index (χ0v) is 46.7. The van der Waals surface area contributed by atoms with Crippen molar-refractivity contribution in [2.75, 3.05) is 13.2 Å². The first-order chi connectivity index (χ1) is 35.5. The van der Waals surface area contributed by atoms with Crippen LogP contribution in [0.2, 0.25) is 0 Å². The molecule has 1 unspecified atom stereocenters. The molecule has 0 N–H and O–H groups in total. The Kier molecular flexibility index (Phi) is 55.9. The average Bonchev–Trinajstić information content (AvgIpc) is 3.38. The van der Waals surface area contributed by atoms with E-state index in [2.05, 4.69) is 142 Å². The van der Waals surface area contributed by atoms with Crippen LogP contribution < -0.4 is 0 Å². The Morgan fingerprint density at radius 2 is 0.542 bits per heavy atom. The van der Waals surface area contributed by atoms with Crippen LogP contribution in [0.1, 0.15) is 258 Å². The first-order valence-electron chi connectivity index (χ1n) is 29.5. The van der Waals surface area contributed by atoms with E-state index in [4.69, 9.17) is 14.2 Å². The van der Waals surface area contributed by atoms with Crippen molar-refractivity contribution in [2.24, 2.45) is 0 Å². The second-order valence-corrected chi connectivity index (χ2v) is 19.1. The quantitative estimate of drug-likeness (QED) is 0.0261. The zero-order chi connectivity index (χ0) is 52.2. The van der Waals surface area contributed by atoms with Crippen LogP contribution in [0.4, 0.5) is 0 Å². The van der Waals surface area contributed by atoms with Gasteiger partial charge in [-0.2, -0.15) is 0 Å². The predicted molar refractivity (Wildman–Crippen MR) is 311 cm³/mol. The molecule has 0 rings (SSSR count). The molecule has 0 saturated heterocycles. The minimum atomic E-state index is -0.808. The summed E-state index contributed by atoms with van der Waals surface area (Å²) in [5.41, 5.74) is 0. The van der Waals surface area contributed by atoms with Crippen LogP contribution in [0, 0.1) is 0 Å². The number of carbonyl (C=O) groups is 3. The molecule has 0 aliphatic rings. The molecule has 0 aromatic heterocycles. The molecule has 6 nitrogen and oxygen atoms in total. The lowest BCUT2D eigenvalue weighted by atomic mass is 10.1. The van der Waals surface area contributed by atoms with E-state index in [0.29, 0.717) is 19.3 Å². The highest BCUT2D eigenvalue weighted by Crippen LogP contribution is 2.14. The Morgan fingerprint density at radius 3 is 0.889 bits per heavy atom. The van der Waals surface area contributed by atoms with Crippen LogP contribution in [-0.2, 0) is 28.6 Å². The fourth-order valence-electron chi connectivity index (χ4n) is 7.81. The van der Waals surface area contributed by atoms with E-state index in [0.717, 1.165) is 135 Å². The number of esters is 3. The highest BCUT2D eigenvalue weighted by molar-refractivity contribution is 5.71. The molecular weight excluding hydrogens is 889 g/mol. The van der Waals surface area contributed by atoms with Crippen LogP contribution in [-0.4, -0.2) is 37.2 Å². The summed E-state index contributed by atoms with van der Waals surface area (Å²) in [4.78, 5) is 38.2. The largest absolute Gasteiger partial charge is 0.462 e. The maximum Gasteiger partial charge on any atom is 0.306 e. The number of hydrogen-bond acceptors (Lipinski definition) is 6. The van der Waals surface area contributed by atoms with Gasteiger partial charge in [-0.05, 0) is 128 Å². The molecule has 0 amide bonds. The molecule has 72 heavy (non-hydrogen) atoms. The lowest BCUT2D eigenvalue weighted by molar-refractivity contribution is -0.167. The number of hydrogen-bond donors (Lipinski definition) is 0. The molecule has 0 bridgehead atoms. The molecule has 0 aromatic carbocycles. The van der Waals surface area contributed by atoms with Crippen molar-refractivity contribution in [1.82, 2.24) is 0 Å². The average molecular weight is 998 g/mol. The van der Waals surface area contributed by atoms with Gasteiger partial charge in [0.1, 0.15) is 13.2 Å². The normalized spacial score (nSPS) is 13.0. The van der Waals surface area contributed by atoms with Gasteiger partial charge >= 0.3 is 17.9 Å². The molecule has 0 heterocycles. The lowest BCUT2D eigenvalue weighted by Gasteiger charge is -2.18. The summed E-state index contributed by atoms with van der Waals surface area (Å²) in [6.45, 7) is 6.36. The fraction of sp³-hybridized carbons (Fsp3) is 0.652. The van der Waals surface area contributed by atoms with E-state index >= 15 is 0 Å². The van der Waals surface area contributed by atoms with Gasteiger partial charge in [-0.1, -0.05) is 232 Å². The van der Waals surface area contributed by atoms with Gasteiger partial charge in [0.05, 0.1) is 0 Å². The van der Waals surface area contributed by atoms with Crippen LogP contribution in [0.25, 0.3) is 0 Å². The van der Waals surface area contributed by atoms with Crippen LogP contribution in [0.15, 0.2) is 122 Å². The first-order valence-corrected chi connectivity index (χ1v) is 29.5. The summed E-state index contributed by atoms with van der Waals surface area (Å²) >= 11 is 0. The summed E-state index contributed by atoms with van der Waals surface area (Å²) in [5.74, 6) is -0.964. The highest BCUT2D eigenvalue weighted by Gasteiger charge is 2.19. The standard InChI is InChI=1S/C66H108O6/c1-4-7-10-13-16-19-22-25-28-30-31-32-33-34-35-36-39-41-44-47-50-53-56-59-65(68)71-62-63(61-70-64(67)58-55-52-49-46-43-40-37-27-24-21-18-15-12-9-6-3)72-66(69)60-57-54-51-48-45-42-38-29-26-23-20-17-14-11-8-5-2/h7,9-10,12,16,18-19,21,25,27-29,31-32,34-35,37-38,43,46,63H,4-6,8,11,13-15,17,20,22-24,26,30,33,36,39-42,44-45,47-62H2,1-3H3/b10-7-,12-9-,19-16-,21-18-,28-25-,32-31-,35-34-,37-27-,38-29-,46-43-. The third-order valence-corrected chi connectivity index (χ3v) is 12.2. The second kappa shape index (κ2) is 59.4. The van der Waals surface area contributed by atoms with Crippen LogP contribution in [0.3, 0.4) is 0 Å². The number of carbonyl (C=O) groups excluding carboxylic acids is 3. The zero-order valence-electron chi connectivity index (χ0n) is 46.7. The van der Waals surface area contributed by atoms with Gasteiger partial charge in [0, 0.05) is 19.3 Å². The number of allylic oxidation sites excluding steroid dienone is 20. The van der Waals surface area contributed by atoms with Gasteiger partial charge in [-0.15, -0.1) is 0 Å². The molecule has 0 fully saturated rings. The summed E-state index contributed by atoms with van der Waals surface area (Å²) in [5, 5.41) is 0. The first kappa shape index (κ1) is 67.8. The second-order valence-electron chi connectivity index (χ2n) is 19.1. The molecule has 0 aromatic rings. The van der Waals surface area contributed by atoms with Gasteiger partial charge in [-0.25, -0.2) is 0 Å². The Balaban J connectivity index is 4.45. The monoisotopic (exact) mass is 997 g/mol. The van der Waals surface area contributed by atoms with Crippen molar-refractivity contribution in [2.45, 2.75) is 264 Å². The number of rotatable bonds is 52. The Morgan fingerprint density at radius 1 is 0.292 bits per heavy atom. The highest BCUT2D eigenvalue weighted by atomic mass is 16.6. The smallest absolute Gasteiger partial charge is 0.306 e. The van der Waals surface area contributed by atoms with Crippen molar-refractivity contribution >= 4 is 17.9 Å². The third kappa shape index (κ3) is 56.7. The topological polar surface area (TPSA) is 78.9 Å². The van der Waals surface area contributed by atoms with E-state index in [-0.39, 0.29) is 31.1 Å². The molecule has 6 heteroatoms. The summed E-state index contributed by atoms with van der Waals surface area (Å²) in [6, 6.07) is 0. The van der Waals surface area contributed by atoms with Crippen molar-refractivity contribution in [3.8, 4) is 0 Å². The maximum absolute atomic E-state index is 12.9. The van der Waals surface area contributed by atoms with Gasteiger partial charge in [-0.3, -0.25) is 14.4 Å². The Labute approximate surface area is 443 Å². The molecule has 0 aliphatic carbocycles. The van der Waals surface area contributed by atoms with E-state index < -0.39 is 6.10 Å². The van der Waals surface area contributed by atoms with Crippen molar-refractivity contribution in [1.29, 1.82) is 0 Å². The molecule has 0 saturated carbocycles. The Hall–Kier alpha value is -4.19. The summed E-state index contributed by atoms with van der Waals surface area (Å²) in [7, 11) is 0. The minimum Gasteiger partial charge on any atom is -0.462 e. The van der Waals surface area contributed by atoms with E-state index in [9.17, 15) is 14.4 Å². The Bertz CT molecular complexity index is 1520. The van der Waals surface area contributed by atoms with E-state index in [1.54, 1.807) is 0 Å². The molecular formula is C66H108O6. The third-order valence-electron chi connectivity index (χ3n) is 12.2.